The summed E-state index contributed by atoms with van der Waals surface area (Å²) in [6, 6.07) is 7.32. The number of rotatable bonds is 14. The van der Waals surface area contributed by atoms with Gasteiger partial charge in [0, 0.05) is 35.8 Å². The van der Waals surface area contributed by atoms with E-state index in [1.165, 1.54) is 11.2 Å². The second-order valence-electron chi connectivity index (χ2n) is 12.7. The van der Waals surface area contributed by atoms with Gasteiger partial charge in [0.15, 0.2) is 12.5 Å². The molecule has 49 heavy (non-hydrogen) atoms. The number of nitrogens with zero attached hydrogens (tertiary/aromatic N) is 2. The third-order valence-corrected chi connectivity index (χ3v) is 7.83. The van der Waals surface area contributed by atoms with E-state index in [2.05, 4.69) is 20.6 Å². The first-order valence-corrected chi connectivity index (χ1v) is 16.6. The molecule has 4 atom stereocenters. The predicted octanol–water partition coefficient (Wildman–Crippen LogP) is 4.77. The number of carbonyl (C=O) groups is 4. The highest BCUT2D eigenvalue weighted by Gasteiger charge is 2.28. The van der Waals surface area contributed by atoms with Crippen LogP contribution in [0.2, 0.25) is 0 Å². The molecule has 266 valence electrons. The number of aromatic amines is 1. The average Bonchev–Trinajstić information content (AvgIpc) is 3.49. The first-order chi connectivity index (χ1) is 23.4. The summed E-state index contributed by atoms with van der Waals surface area (Å²) < 4.78 is 22.2. The standard InChI is InChI=1S/C35H47N5O9/c1-6-46-28(41)16-15-25(33(44)47-7-2)37-31(42)23-13-11-22(12-14-23)26(49-29-10-8-9-19-48-29)17-18-40-21-36-30-24(32(40)43)20-27(38-30)39-34(45)35(3,4)5/h11-14,17-18,20-21,25-26,29,32,38,43H,6-10,15-16,19H2,1-5H3,(H,37,42)(H,39,45)/t25-,26?,29?,32?/m0/s1. The van der Waals surface area contributed by atoms with Crippen molar-refractivity contribution < 1.29 is 43.2 Å². The van der Waals surface area contributed by atoms with Gasteiger partial charge in [0.1, 0.15) is 23.8 Å². The number of anilines is 1. The van der Waals surface area contributed by atoms with Gasteiger partial charge in [0.2, 0.25) is 5.91 Å². The van der Waals surface area contributed by atoms with Crippen molar-refractivity contribution in [2.75, 3.05) is 25.1 Å². The molecule has 1 aromatic heterocycles. The van der Waals surface area contributed by atoms with Crippen molar-refractivity contribution in [3.63, 3.8) is 0 Å². The van der Waals surface area contributed by atoms with Crippen LogP contribution in [-0.2, 0) is 33.3 Å². The van der Waals surface area contributed by atoms with E-state index in [4.69, 9.17) is 18.9 Å². The van der Waals surface area contributed by atoms with Crippen LogP contribution in [0.5, 0.6) is 0 Å². The SMILES string of the molecule is CCOC(=O)CC[C@H](NC(=O)c1ccc(C(C=CN2C=Nc3[nH]c(NC(=O)C(C)(C)C)cc3C2O)OC2CCCCO2)cc1)C(=O)OCC. The Balaban J connectivity index is 1.48. The fourth-order valence-corrected chi connectivity index (χ4v) is 5.06. The van der Waals surface area contributed by atoms with Gasteiger partial charge in [-0.25, -0.2) is 9.79 Å². The van der Waals surface area contributed by atoms with Crippen molar-refractivity contribution >= 4 is 41.7 Å². The van der Waals surface area contributed by atoms with E-state index in [9.17, 15) is 24.3 Å². The molecule has 2 amide bonds. The zero-order valence-electron chi connectivity index (χ0n) is 28.7. The van der Waals surface area contributed by atoms with Crippen LogP contribution in [0.4, 0.5) is 11.6 Å². The van der Waals surface area contributed by atoms with Gasteiger partial charge in [-0.05, 0) is 69.4 Å². The zero-order valence-corrected chi connectivity index (χ0v) is 28.7. The van der Waals surface area contributed by atoms with Crippen molar-refractivity contribution in [2.24, 2.45) is 10.4 Å². The summed E-state index contributed by atoms with van der Waals surface area (Å²) >= 11 is 0. The molecule has 1 aromatic carbocycles. The number of aliphatic hydroxyl groups is 1. The minimum Gasteiger partial charge on any atom is -0.466 e. The van der Waals surface area contributed by atoms with Crippen molar-refractivity contribution in [1.82, 2.24) is 15.2 Å². The summed E-state index contributed by atoms with van der Waals surface area (Å²) in [5, 5.41) is 16.6. The van der Waals surface area contributed by atoms with E-state index in [0.717, 1.165) is 19.3 Å². The Morgan fingerprint density at radius 1 is 1.12 bits per heavy atom. The number of aromatic nitrogens is 1. The lowest BCUT2D eigenvalue weighted by atomic mass is 9.96. The summed E-state index contributed by atoms with van der Waals surface area (Å²) in [7, 11) is 0. The number of ether oxygens (including phenoxy) is 4. The van der Waals surface area contributed by atoms with Crippen molar-refractivity contribution in [3.8, 4) is 0 Å². The maximum absolute atomic E-state index is 13.1. The quantitative estimate of drug-likeness (QED) is 0.203. The molecular formula is C35H47N5O9. The number of aliphatic hydroxyl groups excluding tert-OH is 1. The first-order valence-electron chi connectivity index (χ1n) is 16.6. The van der Waals surface area contributed by atoms with Crippen LogP contribution in [0.1, 0.15) is 101 Å². The van der Waals surface area contributed by atoms with Crippen LogP contribution >= 0.6 is 0 Å². The number of esters is 2. The van der Waals surface area contributed by atoms with Gasteiger partial charge in [-0.1, -0.05) is 32.9 Å². The van der Waals surface area contributed by atoms with Crippen LogP contribution in [-0.4, -0.2) is 77.2 Å². The fraction of sp³-hybridized carbons (Fsp3) is 0.514. The van der Waals surface area contributed by atoms with Gasteiger partial charge in [-0.3, -0.25) is 14.4 Å². The van der Waals surface area contributed by atoms with Crippen molar-refractivity contribution in [2.45, 2.75) is 91.4 Å². The molecule has 0 bridgehead atoms. The Labute approximate surface area is 286 Å². The number of carbonyl (C=O) groups excluding carboxylic acids is 4. The molecule has 2 aliphatic rings. The molecule has 3 heterocycles. The number of hydrogen-bond acceptors (Lipinski definition) is 11. The molecule has 14 heteroatoms. The summed E-state index contributed by atoms with van der Waals surface area (Å²) in [5.41, 5.74) is 0.892. The molecule has 4 rings (SSSR count). The Hall–Kier alpha value is -4.53. The highest BCUT2D eigenvalue weighted by atomic mass is 16.7. The minimum atomic E-state index is -1.09. The Bertz CT molecular complexity index is 1510. The lowest BCUT2D eigenvalue weighted by Crippen LogP contribution is -2.42. The van der Waals surface area contributed by atoms with E-state index in [1.807, 2.05) is 20.8 Å². The Kier molecular flexibility index (Phi) is 13.1. The van der Waals surface area contributed by atoms with Gasteiger partial charge >= 0.3 is 11.9 Å². The molecule has 0 saturated carbocycles. The summed E-state index contributed by atoms with van der Waals surface area (Å²) in [5.74, 6) is -0.928. The highest BCUT2D eigenvalue weighted by molar-refractivity contribution is 5.97. The minimum absolute atomic E-state index is 0.0341. The number of nitrogens with one attached hydrogen (secondary N) is 3. The zero-order chi connectivity index (χ0) is 35.6. The third kappa shape index (κ3) is 10.5. The number of aliphatic imine (C=N–C) groups is 1. The summed E-state index contributed by atoms with van der Waals surface area (Å²) in [6.07, 6.45) is 5.34. The summed E-state index contributed by atoms with van der Waals surface area (Å²) in [6.45, 7) is 9.70. The van der Waals surface area contributed by atoms with E-state index in [-0.39, 0.29) is 32.0 Å². The van der Waals surface area contributed by atoms with Gasteiger partial charge in [0.05, 0.1) is 19.6 Å². The second-order valence-corrected chi connectivity index (χ2v) is 12.7. The van der Waals surface area contributed by atoms with Gasteiger partial charge in [-0.2, -0.15) is 0 Å². The van der Waals surface area contributed by atoms with E-state index < -0.39 is 47.9 Å². The largest absolute Gasteiger partial charge is 0.466 e. The number of benzene rings is 1. The van der Waals surface area contributed by atoms with Crippen LogP contribution in [0.3, 0.4) is 0 Å². The van der Waals surface area contributed by atoms with E-state index in [0.29, 0.717) is 34.9 Å². The predicted molar refractivity (Wildman–Crippen MR) is 181 cm³/mol. The first kappa shape index (κ1) is 37.3. The molecule has 3 unspecified atom stereocenters. The molecule has 1 saturated heterocycles. The molecule has 0 spiro atoms. The van der Waals surface area contributed by atoms with E-state index in [1.54, 1.807) is 56.5 Å². The van der Waals surface area contributed by atoms with Crippen molar-refractivity contribution in [1.29, 1.82) is 0 Å². The number of hydrogen-bond donors (Lipinski definition) is 4. The molecule has 4 N–H and O–H groups in total. The van der Waals surface area contributed by atoms with Crippen LogP contribution in [0, 0.1) is 5.41 Å². The van der Waals surface area contributed by atoms with Crippen LogP contribution < -0.4 is 10.6 Å². The average molecular weight is 682 g/mol. The molecule has 14 nitrogen and oxygen atoms in total. The maximum atomic E-state index is 13.1. The highest BCUT2D eigenvalue weighted by Crippen LogP contribution is 2.35. The maximum Gasteiger partial charge on any atom is 0.328 e. The van der Waals surface area contributed by atoms with Gasteiger partial charge in [-0.15, -0.1) is 0 Å². The lowest BCUT2D eigenvalue weighted by Gasteiger charge is -2.28. The Morgan fingerprint density at radius 2 is 1.86 bits per heavy atom. The normalized spacial score (nSPS) is 18.8. The van der Waals surface area contributed by atoms with Gasteiger partial charge in [0.25, 0.3) is 5.91 Å². The molecule has 2 aliphatic heterocycles. The molecule has 1 fully saturated rings. The molecule has 2 aromatic rings. The molecular weight excluding hydrogens is 634 g/mol. The lowest BCUT2D eigenvalue weighted by molar-refractivity contribution is -0.180. The molecule has 0 aliphatic carbocycles. The van der Waals surface area contributed by atoms with Crippen LogP contribution in [0.15, 0.2) is 47.6 Å². The fourth-order valence-electron chi connectivity index (χ4n) is 5.06. The van der Waals surface area contributed by atoms with Crippen molar-refractivity contribution in [3.05, 3.63) is 59.3 Å². The number of fused-ring (bicyclic) bond motifs is 1. The topological polar surface area (TPSA) is 181 Å². The van der Waals surface area contributed by atoms with Gasteiger partial charge < -0.3 is 44.6 Å². The summed E-state index contributed by atoms with van der Waals surface area (Å²) in [4.78, 5) is 58.9. The number of H-pyrrole nitrogens is 1. The van der Waals surface area contributed by atoms with E-state index >= 15 is 0 Å². The molecule has 0 radical (unpaired) electrons. The van der Waals surface area contributed by atoms with Crippen LogP contribution in [0.25, 0.3) is 0 Å². The monoisotopic (exact) mass is 681 g/mol. The third-order valence-electron chi connectivity index (χ3n) is 7.83. The number of amides is 2. The smallest absolute Gasteiger partial charge is 0.328 e. The second kappa shape index (κ2) is 17.2. The Morgan fingerprint density at radius 3 is 2.51 bits per heavy atom.